The van der Waals surface area contributed by atoms with E-state index in [4.69, 9.17) is 0 Å². The van der Waals surface area contributed by atoms with Crippen molar-refractivity contribution in [3.8, 4) is 0 Å². The van der Waals surface area contributed by atoms with Crippen molar-refractivity contribution in [1.29, 1.82) is 0 Å². The summed E-state index contributed by atoms with van der Waals surface area (Å²) in [6.45, 7) is 7.84. The van der Waals surface area contributed by atoms with Crippen molar-refractivity contribution >= 4 is 22.4 Å². The van der Waals surface area contributed by atoms with E-state index in [1.807, 2.05) is 39.8 Å². The van der Waals surface area contributed by atoms with E-state index in [2.05, 4.69) is 10.2 Å². The maximum absolute atomic E-state index is 13.2. The van der Waals surface area contributed by atoms with E-state index in [0.29, 0.717) is 0 Å². The number of aromatic nitrogens is 2. The Morgan fingerprint density at radius 3 is 2.03 bits per heavy atom. The zero-order valence-electron chi connectivity index (χ0n) is 19.7. The van der Waals surface area contributed by atoms with Crippen LogP contribution in [-0.4, -0.2) is 31.7 Å². The number of aryl methyl sites for hydroxylation is 3. The molecule has 0 bridgehead atoms. The van der Waals surface area contributed by atoms with E-state index in [1.54, 1.807) is 0 Å². The maximum atomic E-state index is 13.2. The predicted octanol–water partition coefficient (Wildman–Crippen LogP) is 5.00. The number of hydrogen-bond acceptors (Lipinski definition) is 5. The van der Waals surface area contributed by atoms with Crippen molar-refractivity contribution in [2.45, 2.75) is 70.5 Å². The second-order valence-corrected chi connectivity index (χ2v) is 10.4. The van der Waals surface area contributed by atoms with Crippen LogP contribution in [0.15, 0.2) is 29.3 Å². The van der Waals surface area contributed by atoms with E-state index in [1.165, 1.54) is 0 Å². The second-order valence-electron chi connectivity index (χ2n) is 8.98. The van der Waals surface area contributed by atoms with Gasteiger partial charge in [-0.2, -0.15) is 13.2 Å². The average Bonchev–Trinajstić information content (AvgIpc) is 2.78. The quantitative estimate of drug-likeness (QED) is 0.506. The molecule has 0 amide bonds. The topological polar surface area (TPSA) is 77.0 Å². The van der Waals surface area contributed by atoms with E-state index in [0.717, 1.165) is 47.2 Å². The first-order valence-corrected chi connectivity index (χ1v) is 12.7. The number of carbonyl (C=O) groups is 2. The minimum absolute atomic E-state index is 0.0500. The van der Waals surface area contributed by atoms with E-state index >= 15 is 0 Å². The van der Waals surface area contributed by atoms with Crippen LogP contribution in [0, 0.1) is 18.8 Å². The number of carbonyl (C=O) groups excluding carboxylic acids is 2. The number of alkyl halides is 3. The van der Waals surface area contributed by atoms with Crippen molar-refractivity contribution in [3.63, 3.8) is 0 Å². The van der Waals surface area contributed by atoms with Crippen LogP contribution >= 0.6 is 0 Å². The first-order chi connectivity index (χ1) is 16.0. The normalized spacial score (nSPS) is 20.9. The molecule has 2 unspecified atom stereocenters. The van der Waals surface area contributed by atoms with Gasteiger partial charge in [-0.15, -0.1) is 10.2 Å². The smallest absolute Gasteiger partial charge is 0.299 e. The van der Waals surface area contributed by atoms with Gasteiger partial charge >= 0.3 is 6.18 Å². The summed E-state index contributed by atoms with van der Waals surface area (Å²) >= 11 is 0. The minimum atomic E-state index is -4.62. The molecule has 2 aromatic rings. The fourth-order valence-electron chi connectivity index (χ4n) is 4.69. The Bertz CT molecular complexity index is 1060. The lowest BCUT2D eigenvalue weighted by Crippen LogP contribution is -2.36. The molecular formula is C25H29F3N2O3S. The highest BCUT2D eigenvalue weighted by Gasteiger charge is 2.40. The summed E-state index contributed by atoms with van der Waals surface area (Å²) < 4.78 is 50.7. The predicted molar refractivity (Wildman–Crippen MR) is 123 cm³/mol. The molecule has 0 radical (unpaired) electrons. The molecule has 1 aromatic heterocycles. The SMILES string of the molecule is CCc1cc(C)cc(CC)c1C1C(=O)CC(C(C)CS(=O)c2ccc(C(F)(F)F)nn2)CC1=O. The molecule has 1 aliphatic carbocycles. The van der Waals surface area contributed by atoms with Crippen molar-refractivity contribution in [3.05, 3.63) is 52.2 Å². The first kappa shape index (κ1) is 26.2. The molecule has 34 heavy (non-hydrogen) atoms. The summed E-state index contributed by atoms with van der Waals surface area (Å²) in [7, 11) is -1.69. The summed E-state index contributed by atoms with van der Waals surface area (Å²) in [6.07, 6.45) is -2.75. The Kier molecular flexibility index (Phi) is 8.06. The van der Waals surface area contributed by atoms with Gasteiger partial charge in [0.15, 0.2) is 5.69 Å². The molecule has 0 aliphatic heterocycles. The molecule has 2 atom stereocenters. The van der Waals surface area contributed by atoms with Crippen LogP contribution in [0.1, 0.15) is 67.5 Å². The molecule has 1 aliphatic rings. The molecule has 1 fully saturated rings. The lowest BCUT2D eigenvalue weighted by atomic mass is 9.70. The highest BCUT2D eigenvalue weighted by Crippen LogP contribution is 2.38. The van der Waals surface area contributed by atoms with Crippen LogP contribution in [0.3, 0.4) is 0 Å². The van der Waals surface area contributed by atoms with Crippen LogP contribution < -0.4 is 0 Å². The number of rotatable bonds is 7. The third-order valence-corrected chi connectivity index (χ3v) is 8.01. The third kappa shape index (κ3) is 5.62. The van der Waals surface area contributed by atoms with Gasteiger partial charge in [-0.3, -0.25) is 13.8 Å². The van der Waals surface area contributed by atoms with Gasteiger partial charge in [-0.25, -0.2) is 0 Å². The fraction of sp³-hybridized carbons (Fsp3) is 0.520. The van der Waals surface area contributed by atoms with Gasteiger partial charge in [0.1, 0.15) is 22.5 Å². The summed E-state index contributed by atoms with van der Waals surface area (Å²) in [6, 6.07) is 5.89. The number of nitrogens with zero attached hydrogens (tertiary/aromatic N) is 2. The Morgan fingerprint density at radius 2 is 1.59 bits per heavy atom. The number of halogens is 3. The van der Waals surface area contributed by atoms with Gasteiger partial charge in [0.05, 0.1) is 10.8 Å². The largest absolute Gasteiger partial charge is 0.435 e. The average molecular weight is 495 g/mol. The highest BCUT2D eigenvalue weighted by molar-refractivity contribution is 7.84. The monoisotopic (exact) mass is 494 g/mol. The van der Waals surface area contributed by atoms with Crippen LogP contribution in [-0.2, 0) is 39.4 Å². The fourth-order valence-corrected chi connectivity index (χ4v) is 5.96. The molecule has 0 saturated heterocycles. The van der Waals surface area contributed by atoms with Gasteiger partial charge in [0.25, 0.3) is 0 Å². The summed E-state index contributed by atoms with van der Waals surface area (Å²) in [5.74, 6) is -1.46. The molecule has 184 valence electrons. The lowest BCUT2D eigenvalue weighted by molar-refractivity contribution is -0.142. The molecule has 1 aromatic carbocycles. The van der Waals surface area contributed by atoms with E-state index in [9.17, 15) is 27.0 Å². The van der Waals surface area contributed by atoms with Crippen molar-refractivity contribution in [2.24, 2.45) is 11.8 Å². The summed E-state index contributed by atoms with van der Waals surface area (Å²) in [5.41, 5.74) is 2.85. The van der Waals surface area contributed by atoms with Crippen molar-refractivity contribution < 1.29 is 27.0 Å². The van der Waals surface area contributed by atoms with Crippen LogP contribution in [0.5, 0.6) is 0 Å². The number of Topliss-reactive ketones (excluding diaryl/α,β-unsaturated/α-hetero) is 2. The lowest BCUT2D eigenvalue weighted by Gasteiger charge is -2.32. The molecule has 1 saturated carbocycles. The van der Waals surface area contributed by atoms with Crippen molar-refractivity contribution in [1.82, 2.24) is 10.2 Å². The molecule has 3 rings (SSSR count). The van der Waals surface area contributed by atoms with Crippen LogP contribution in [0.4, 0.5) is 13.2 Å². The first-order valence-electron chi connectivity index (χ1n) is 11.4. The zero-order chi connectivity index (χ0) is 25.2. The Hall–Kier alpha value is -2.42. The minimum Gasteiger partial charge on any atom is -0.299 e. The molecule has 1 heterocycles. The van der Waals surface area contributed by atoms with Crippen molar-refractivity contribution in [2.75, 3.05) is 5.75 Å². The van der Waals surface area contributed by atoms with E-state index < -0.39 is 28.6 Å². The number of benzene rings is 1. The Morgan fingerprint density at radius 1 is 1.03 bits per heavy atom. The molecule has 5 nitrogen and oxygen atoms in total. The van der Waals surface area contributed by atoms with Gasteiger partial charge < -0.3 is 0 Å². The number of ketones is 2. The maximum Gasteiger partial charge on any atom is 0.435 e. The molecule has 9 heteroatoms. The summed E-state index contributed by atoms with van der Waals surface area (Å²) in [4.78, 5) is 26.4. The second kappa shape index (κ2) is 10.5. The third-order valence-electron chi connectivity index (χ3n) is 6.50. The van der Waals surface area contributed by atoms with Gasteiger partial charge in [0.2, 0.25) is 0 Å². The van der Waals surface area contributed by atoms with Gasteiger partial charge in [-0.05, 0) is 60.4 Å². The number of hydrogen-bond donors (Lipinski definition) is 0. The van der Waals surface area contributed by atoms with E-state index in [-0.39, 0.29) is 47.0 Å². The van der Waals surface area contributed by atoms with Gasteiger partial charge in [0, 0.05) is 18.6 Å². The molecule has 0 N–H and O–H groups in total. The Labute approximate surface area is 200 Å². The van der Waals surface area contributed by atoms with Gasteiger partial charge in [-0.1, -0.05) is 38.5 Å². The van der Waals surface area contributed by atoms with Crippen LogP contribution in [0.2, 0.25) is 0 Å². The molecule has 0 spiro atoms. The summed E-state index contributed by atoms with van der Waals surface area (Å²) in [5, 5.41) is 6.54. The van der Waals surface area contributed by atoms with Crippen LogP contribution in [0.25, 0.3) is 0 Å². The molecular weight excluding hydrogens is 465 g/mol. The zero-order valence-corrected chi connectivity index (χ0v) is 20.6. The highest BCUT2D eigenvalue weighted by atomic mass is 32.2. The standard InChI is InChI=1S/C25H29F3N2O3S/c1-5-16-9-14(3)10-17(6-2)23(16)24-19(31)11-18(12-20(24)32)15(4)13-34(33)22-8-7-21(29-30-22)25(26,27)28/h7-10,15,18,24H,5-6,11-13H2,1-4H3. The Balaban J connectivity index is 1.74.